The number of anilines is 2. The van der Waals surface area contributed by atoms with Crippen LogP contribution in [0.4, 0.5) is 11.6 Å². The number of piperidine rings is 1. The van der Waals surface area contributed by atoms with Crippen LogP contribution in [0.15, 0.2) is 34.6 Å². The zero-order valence-electron chi connectivity index (χ0n) is 19.1. The smallest absolute Gasteiger partial charge is 0.175 e. The van der Waals surface area contributed by atoms with Crippen molar-refractivity contribution in [2.75, 3.05) is 49.7 Å². The van der Waals surface area contributed by atoms with E-state index in [-0.39, 0.29) is 5.54 Å². The number of fused-ring (bicyclic) bond motifs is 1. The number of pyridine rings is 1. The lowest BCUT2D eigenvalue weighted by Crippen LogP contribution is -2.51. The van der Waals surface area contributed by atoms with Gasteiger partial charge in [0.15, 0.2) is 11.6 Å². The highest BCUT2D eigenvalue weighted by Crippen LogP contribution is 2.44. The second-order valence-corrected chi connectivity index (χ2v) is 11.0. The minimum absolute atomic E-state index is 0.0708. The van der Waals surface area contributed by atoms with Crippen molar-refractivity contribution in [3.8, 4) is 5.75 Å². The molecule has 9 heteroatoms. The molecule has 0 unspecified atom stereocenters. The van der Waals surface area contributed by atoms with Crippen molar-refractivity contribution in [1.29, 1.82) is 0 Å². The molecule has 0 aliphatic carbocycles. The Labute approximate surface area is 198 Å². The molecule has 4 aliphatic heterocycles. The maximum atomic E-state index is 6.22. The van der Waals surface area contributed by atoms with Crippen molar-refractivity contribution in [2.24, 2.45) is 5.41 Å². The molecule has 0 aromatic carbocycles. The number of aromatic nitrogens is 3. The van der Waals surface area contributed by atoms with Crippen molar-refractivity contribution in [2.45, 2.75) is 60.6 Å². The highest BCUT2D eigenvalue weighted by molar-refractivity contribution is 7.99. The molecule has 1 N–H and O–H groups in total. The summed E-state index contributed by atoms with van der Waals surface area (Å²) in [5.74, 6) is 2.57. The monoisotopic (exact) mass is 469 g/mol. The lowest BCUT2D eigenvalue weighted by molar-refractivity contribution is 0.0378. The van der Waals surface area contributed by atoms with Gasteiger partial charge in [-0.15, -0.1) is 0 Å². The Hall–Kier alpha value is -2.10. The van der Waals surface area contributed by atoms with Crippen molar-refractivity contribution in [3.63, 3.8) is 0 Å². The summed E-state index contributed by atoms with van der Waals surface area (Å²) in [7, 11) is 0. The quantitative estimate of drug-likeness (QED) is 0.722. The number of nitrogens with zero attached hydrogens (tertiary/aromatic N) is 4. The lowest BCUT2D eigenvalue weighted by Gasteiger charge is -2.41. The highest BCUT2D eigenvalue weighted by Gasteiger charge is 2.41. The Bertz CT molecular complexity index is 990. The van der Waals surface area contributed by atoms with Gasteiger partial charge in [0, 0.05) is 32.5 Å². The standard InChI is InChI=1S/C24H31N5O3S/c1-17-12-23(15-31-17)3-8-29(9-4-23)19-13-27-20(14-26-19)33-18-2-7-25-22-21(18)32-16-24(28-22)5-10-30-11-6-24/h2,7,13-14,17H,3-6,8-12,15-16H2,1H3,(H,25,28)/t17-/m0/s1. The van der Waals surface area contributed by atoms with Crippen LogP contribution in [0.3, 0.4) is 0 Å². The van der Waals surface area contributed by atoms with Gasteiger partial charge in [-0.25, -0.2) is 15.0 Å². The van der Waals surface area contributed by atoms with E-state index in [4.69, 9.17) is 24.2 Å². The molecule has 0 bridgehead atoms. The van der Waals surface area contributed by atoms with E-state index in [9.17, 15) is 0 Å². The Morgan fingerprint density at radius 1 is 1.06 bits per heavy atom. The summed E-state index contributed by atoms with van der Waals surface area (Å²) in [5, 5.41) is 4.49. The van der Waals surface area contributed by atoms with E-state index in [2.05, 4.69) is 22.1 Å². The number of ether oxygens (including phenoxy) is 3. The van der Waals surface area contributed by atoms with Crippen LogP contribution in [0.2, 0.25) is 0 Å². The largest absolute Gasteiger partial charge is 0.486 e. The number of hydrogen-bond donors (Lipinski definition) is 1. The van der Waals surface area contributed by atoms with Gasteiger partial charge in [-0.2, -0.15) is 0 Å². The third-order valence-corrected chi connectivity index (χ3v) is 8.53. The lowest BCUT2D eigenvalue weighted by atomic mass is 9.77. The summed E-state index contributed by atoms with van der Waals surface area (Å²) >= 11 is 1.57. The normalized spacial score (nSPS) is 25.5. The molecule has 176 valence electrons. The molecule has 0 amide bonds. The van der Waals surface area contributed by atoms with Crippen molar-refractivity contribution < 1.29 is 14.2 Å². The van der Waals surface area contributed by atoms with Crippen LogP contribution >= 0.6 is 11.8 Å². The van der Waals surface area contributed by atoms with Crippen molar-refractivity contribution >= 4 is 23.4 Å². The van der Waals surface area contributed by atoms with Crippen molar-refractivity contribution in [3.05, 3.63) is 24.7 Å². The summed E-state index contributed by atoms with van der Waals surface area (Å²) in [6.07, 6.45) is 11.4. The SMILES string of the molecule is C[C@H]1CC2(CCN(c3cnc(Sc4ccnc5c4OCC4(CCOCC4)N5)cn3)CC2)CO1. The summed E-state index contributed by atoms with van der Waals surface area (Å²) < 4.78 is 17.6. The van der Waals surface area contributed by atoms with Gasteiger partial charge in [-0.3, -0.25) is 0 Å². The van der Waals surface area contributed by atoms with Crippen LogP contribution in [0.5, 0.6) is 5.75 Å². The molecule has 3 saturated heterocycles. The minimum Gasteiger partial charge on any atom is -0.486 e. The van der Waals surface area contributed by atoms with E-state index in [1.54, 1.807) is 11.8 Å². The summed E-state index contributed by atoms with van der Waals surface area (Å²) in [4.78, 5) is 17.3. The summed E-state index contributed by atoms with van der Waals surface area (Å²) in [5.41, 5.74) is 0.301. The molecule has 6 rings (SSSR count). The fourth-order valence-electron chi connectivity index (χ4n) is 5.51. The summed E-state index contributed by atoms with van der Waals surface area (Å²) in [6.45, 7) is 7.27. The average Bonchev–Trinajstić information content (AvgIpc) is 3.20. The van der Waals surface area contributed by atoms with Gasteiger partial charge in [-0.1, -0.05) is 11.8 Å². The third kappa shape index (κ3) is 4.26. The van der Waals surface area contributed by atoms with Crippen molar-refractivity contribution in [1.82, 2.24) is 15.0 Å². The van der Waals surface area contributed by atoms with Gasteiger partial charge in [0.1, 0.15) is 17.5 Å². The van der Waals surface area contributed by atoms with Crippen LogP contribution in [0, 0.1) is 5.41 Å². The predicted molar refractivity (Wildman–Crippen MR) is 126 cm³/mol. The van der Waals surface area contributed by atoms with E-state index in [0.29, 0.717) is 18.1 Å². The van der Waals surface area contributed by atoms with E-state index >= 15 is 0 Å². The zero-order chi connectivity index (χ0) is 22.3. The molecule has 2 spiro atoms. The topological polar surface area (TPSA) is 81.6 Å². The first-order valence-corrected chi connectivity index (χ1v) is 12.8. The zero-order valence-corrected chi connectivity index (χ0v) is 19.9. The minimum atomic E-state index is -0.0708. The van der Waals surface area contributed by atoms with E-state index in [1.165, 1.54) is 6.42 Å². The molecule has 2 aromatic rings. The van der Waals surface area contributed by atoms with Crippen LogP contribution in [-0.2, 0) is 9.47 Å². The van der Waals surface area contributed by atoms with Crippen LogP contribution in [0.25, 0.3) is 0 Å². The van der Waals surface area contributed by atoms with Gasteiger partial charge in [0.2, 0.25) is 0 Å². The van der Waals surface area contributed by atoms with Gasteiger partial charge >= 0.3 is 0 Å². The molecule has 1 atom stereocenters. The number of nitrogens with one attached hydrogen (secondary N) is 1. The molecule has 3 fully saturated rings. The first-order valence-electron chi connectivity index (χ1n) is 12.0. The van der Waals surface area contributed by atoms with Gasteiger partial charge < -0.3 is 24.4 Å². The average molecular weight is 470 g/mol. The molecule has 2 aromatic heterocycles. The molecule has 0 radical (unpaired) electrons. The molecular weight excluding hydrogens is 438 g/mol. The first-order chi connectivity index (χ1) is 16.1. The van der Waals surface area contributed by atoms with Gasteiger partial charge in [-0.05, 0) is 50.5 Å². The van der Waals surface area contributed by atoms with Crippen LogP contribution in [0.1, 0.15) is 39.0 Å². The fraction of sp³-hybridized carbons (Fsp3) is 0.625. The first kappa shape index (κ1) is 21.4. The maximum Gasteiger partial charge on any atom is 0.175 e. The Morgan fingerprint density at radius 2 is 1.91 bits per heavy atom. The molecule has 33 heavy (non-hydrogen) atoms. The molecule has 4 aliphatic rings. The molecule has 8 nitrogen and oxygen atoms in total. The third-order valence-electron chi connectivity index (χ3n) is 7.57. The molecule has 6 heterocycles. The van der Waals surface area contributed by atoms with E-state index < -0.39 is 0 Å². The maximum absolute atomic E-state index is 6.22. The Balaban J connectivity index is 1.11. The number of hydrogen-bond acceptors (Lipinski definition) is 9. The number of rotatable bonds is 3. The molecular formula is C24H31N5O3S. The van der Waals surface area contributed by atoms with Gasteiger partial charge in [0.05, 0.1) is 35.5 Å². The second kappa shape index (κ2) is 8.60. The van der Waals surface area contributed by atoms with E-state index in [0.717, 1.165) is 85.9 Å². The fourth-order valence-corrected chi connectivity index (χ4v) is 6.33. The molecule has 0 saturated carbocycles. The second-order valence-electron chi connectivity index (χ2n) is 9.92. The summed E-state index contributed by atoms with van der Waals surface area (Å²) in [6, 6.07) is 1.98. The predicted octanol–water partition coefficient (Wildman–Crippen LogP) is 3.77. The highest BCUT2D eigenvalue weighted by atomic mass is 32.2. The van der Waals surface area contributed by atoms with Crippen LogP contribution in [-0.4, -0.2) is 66.1 Å². The van der Waals surface area contributed by atoms with Crippen LogP contribution < -0.4 is 15.0 Å². The Kier molecular flexibility index (Phi) is 5.58. The van der Waals surface area contributed by atoms with E-state index in [1.807, 2.05) is 24.7 Å². The van der Waals surface area contributed by atoms with Gasteiger partial charge in [0.25, 0.3) is 0 Å². The Morgan fingerprint density at radius 3 is 2.64 bits per heavy atom.